The largest absolute Gasteiger partial charge is 0.493 e. The highest BCUT2D eigenvalue weighted by Crippen LogP contribution is 2.29. The zero-order chi connectivity index (χ0) is 15.9. The molecule has 0 aliphatic carbocycles. The number of carbonyl (C=O) groups is 1. The molecule has 1 heterocycles. The first-order chi connectivity index (χ1) is 10.7. The van der Waals surface area contributed by atoms with E-state index in [1.807, 2.05) is 42.1 Å². The van der Waals surface area contributed by atoms with Gasteiger partial charge in [0, 0.05) is 24.5 Å². The van der Waals surface area contributed by atoms with Crippen LogP contribution in [0, 0.1) is 0 Å². The van der Waals surface area contributed by atoms with Gasteiger partial charge < -0.3 is 14.0 Å². The lowest BCUT2D eigenvalue weighted by molar-refractivity contribution is -0.120. The molecule has 22 heavy (non-hydrogen) atoms. The average Bonchev–Trinajstić information content (AvgIpc) is 2.92. The van der Waals surface area contributed by atoms with Crippen LogP contribution in [0.15, 0.2) is 41.6 Å². The maximum atomic E-state index is 11.8. The molecule has 2 aromatic rings. The number of aromatic nitrogens is 1. The summed E-state index contributed by atoms with van der Waals surface area (Å²) in [6.45, 7) is 0. The van der Waals surface area contributed by atoms with Crippen molar-refractivity contribution in [2.24, 2.45) is 12.1 Å². The fourth-order valence-electron chi connectivity index (χ4n) is 2.07. The lowest BCUT2D eigenvalue weighted by Crippen LogP contribution is -2.20. The van der Waals surface area contributed by atoms with Crippen molar-refractivity contribution in [2.75, 3.05) is 14.2 Å². The maximum Gasteiger partial charge on any atom is 0.245 e. The maximum absolute atomic E-state index is 11.8. The second-order valence-electron chi connectivity index (χ2n) is 4.66. The Hall–Kier alpha value is -2.76. The number of amides is 1. The number of methoxy groups -OCH3 is 2. The quantitative estimate of drug-likeness (QED) is 0.653. The van der Waals surface area contributed by atoms with E-state index in [0.717, 1.165) is 11.3 Å². The van der Waals surface area contributed by atoms with E-state index in [1.165, 1.54) is 6.21 Å². The molecule has 0 saturated heterocycles. The minimum Gasteiger partial charge on any atom is -0.493 e. The third kappa shape index (κ3) is 3.66. The highest BCUT2D eigenvalue weighted by atomic mass is 16.5. The monoisotopic (exact) mass is 301 g/mol. The number of hydrogen-bond acceptors (Lipinski definition) is 4. The molecule has 116 valence electrons. The minimum absolute atomic E-state index is 0.181. The van der Waals surface area contributed by atoms with Crippen molar-refractivity contribution in [3.05, 3.63) is 47.8 Å². The molecular formula is C16H19N3O3. The van der Waals surface area contributed by atoms with Crippen LogP contribution < -0.4 is 14.9 Å². The normalized spacial score (nSPS) is 10.7. The van der Waals surface area contributed by atoms with E-state index in [9.17, 15) is 4.79 Å². The second-order valence-corrected chi connectivity index (χ2v) is 4.66. The third-order valence-electron chi connectivity index (χ3n) is 3.22. The molecule has 1 aromatic heterocycles. The summed E-state index contributed by atoms with van der Waals surface area (Å²) < 4.78 is 12.4. The van der Waals surface area contributed by atoms with Crippen molar-refractivity contribution in [2.45, 2.75) is 6.42 Å². The average molecular weight is 301 g/mol. The molecule has 0 saturated carbocycles. The van der Waals surface area contributed by atoms with Gasteiger partial charge in [-0.15, -0.1) is 0 Å². The van der Waals surface area contributed by atoms with Crippen LogP contribution in [0.5, 0.6) is 11.5 Å². The Morgan fingerprint density at radius 1 is 1.27 bits per heavy atom. The Morgan fingerprint density at radius 2 is 2.09 bits per heavy atom. The molecule has 6 heteroatoms. The van der Waals surface area contributed by atoms with Crippen molar-refractivity contribution < 1.29 is 14.3 Å². The van der Waals surface area contributed by atoms with Crippen LogP contribution >= 0.6 is 0 Å². The van der Waals surface area contributed by atoms with Crippen LogP contribution in [0.3, 0.4) is 0 Å². The van der Waals surface area contributed by atoms with Gasteiger partial charge in [-0.2, -0.15) is 5.10 Å². The number of carbonyl (C=O) groups excluding carboxylic acids is 1. The lowest BCUT2D eigenvalue weighted by Gasteiger charge is -2.09. The lowest BCUT2D eigenvalue weighted by atomic mass is 10.2. The van der Waals surface area contributed by atoms with E-state index in [-0.39, 0.29) is 12.3 Å². The molecule has 0 radical (unpaired) electrons. The molecule has 0 spiro atoms. The van der Waals surface area contributed by atoms with Crippen LogP contribution in [0.2, 0.25) is 0 Å². The molecule has 0 fully saturated rings. The summed E-state index contributed by atoms with van der Waals surface area (Å²) in [6, 6.07) is 9.24. The highest BCUT2D eigenvalue weighted by molar-refractivity contribution is 5.86. The van der Waals surface area contributed by atoms with E-state index in [0.29, 0.717) is 11.5 Å². The van der Waals surface area contributed by atoms with Crippen LogP contribution in [-0.4, -0.2) is 30.9 Å². The van der Waals surface area contributed by atoms with Crippen LogP contribution in [0.1, 0.15) is 11.3 Å². The molecule has 0 bridgehead atoms. The standard InChI is InChI=1S/C16H19N3O3/c1-19-9-5-7-13(19)10-15(20)18-17-11-12-6-4-8-14(21-2)16(12)22-3/h4-9,11H,10H2,1-3H3,(H,18,20)/b17-11+. The molecular weight excluding hydrogens is 282 g/mol. The zero-order valence-electron chi connectivity index (χ0n) is 12.9. The van der Waals surface area contributed by atoms with Gasteiger partial charge in [-0.3, -0.25) is 4.79 Å². The Kier molecular flexibility index (Phi) is 5.19. The first-order valence-electron chi connectivity index (χ1n) is 6.78. The first-order valence-corrected chi connectivity index (χ1v) is 6.78. The topological polar surface area (TPSA) is 64.8 Å². The van der Waals surface area contributed by atoms with Crippen LogP contribution in [0.25, 0.3) is 0 Å². The molecule has 1 aromatic carbocycles. The number of para-hydroxylation sites is 1. The summed E-state index contributed by atoms with van der Waals surface area (Å²) in [4.78, 5) is 11.8. The van der Waals surface area contributed by atoms with Gasteiger partial charge in [0.25, 0.3) is 0 Å². The smallest absolute Gasteiger partial charge is 0.245 e. The number of nitrogens with one attached hydrogen (secondary N) is 1. The van der Waals surface area contributed by atoms with Crippen molar-refractivity contribution >= 4 is 12.1 Å². The van der Waals surface area contributed by atoms with Gasteiger partial charge >= 0.3 is 0 Å². The second kappa shape index (κ2) is 7.31. The van der Waals surface area contributed by atoms with Crippen LogP contribution in [0.4, 0.5) is 0 Å². The van der Waals surface area contributed by atoms with Gasteiger partial charge in [-0.05, 0) is 24.3 Å². The Balaban J connectivity index is 2.01. The predicted molar refractivity (Wildman–Crippen MR) is 84.4 cm³/mol. The predicted octanol–water partition coefficient (Wildman–Crippen LogP) is 1.74. The molecule has 6 nitrogen and oxygen atoms in total. The minimum atomic E-state index is -0.181. The molecule has 0 aliphatic heterocycles. The van der Waals surface area contributed by atoms with E-state index in [2.05, 4.69) is 10.5 Å². The number of benzene rings is 1. The molecule has 0 aliphatic rings. The van der Waals surface area contributed by atoms with E-state index in [1.54, 1.807) is 20.3 Å². The Bertz CT molecular complexity index is 677. The molecule has 1 amide bonds. The van der Waals surface area contributed by atoms with Crippen molar-refractivity contribution in [1.82, 2.24) is 9.99 Å². The number of hydrogen-bond donors (Lipinski definition) is 1. The molecule has 1 N–H and O–H groups in total. The number of ether oxygens (including phenoxy) is 2. The van der Waals surface area contributed by atoms with E-state index >= 15 is 0 Å². The Labute approximate surface area is 129 Å². The van der Waals surface area contributed by atoms with E-state index in [4.69, 9.17) is 9.47 Å². The summed E-state index contributed by atoms with van der Waals surface area (Å²) >= 11 is 0. The van der Waals surface area contributed by atoms with Crippen molar-refractivity contribution in [3.63, 3.8) is 0 Å². The Morgan fingerprint density at radius 3 is 2.73 bits per heavy atom. The van der Waals surface area contributed by atoms with Crippen LogP contribution in [-0.2, 0) is 18.3 Å². The van der Waals surface area contributed by atoms with E-state index < -0.39 is 0 Å². The number of hydrazone groups is 1. The van der Waals surface area contributed by atoms with Crippen molar-refractivity contribution in [1.29, 1.82) is 0 Å². The number of rotatable bonds is 6. The summed E-state index contributed by atoms with van der Waals surface area (Å²) in [5.41, 5.74) is 4.15. The SMILES string of the molecule is COc1cccc(/C=N/NC(=O)Cc2cccn2C)c1OC. The zero-order valence-corrected chi connectivity index (χ0v) is 12.9. The summed E-state index contributed by atoms with van der Waals surface area (Å²) in [6.07, 6.45) is 3.70. The summed E-state index contributed by atoms with van der Waals surface area (Å²) in [7, 11) is 5.02. The fraction of sp³-hybridized carbons (Fsp3) is 0.250. The van der Waals surface area contributed by atoms with Crippen molar-refractivity contribution in [3.8, 4) is 11.5 Å². The fourth-order valence-corrected chi connectivity index (χ4v) is 2.07. The summed E-state index contributed by atoms with van der Waals surface area (Å²) in [5, 5.41) is 3.97. The molecule has 2 rings (SSSR count). The van der Waals surface area contributed by atoms with Gasteiger partial charge in [0.05, 0.1) is 26.9 Å². The van der Waals surface area contributed by atoms with Gasteiger partial charge in [0.15, 0.2) is 11.5 Å². The molecule has 0 unspecified atom stereocenters. The first kappa shape index (κ1) is 15.6. The number of nitrogens with zero attached hydrogens (tertiary/aromatic N) is 2. The summed E-state index contributed by atoms with van der Waals surface area (Å²) in [5.74, 6) is 1.01. The van der Waals surface area contributed by atoms with Gasteiger partial charge in [-0.1, -0.05) is 6.07 Å². The highest BCUT2D eigenvalue weighted by Gasteiger charge is 2.08. The third-order valence-corrected chi connectivity index (χ3v) is 3.22. The van der Waals surface area contributed by atoms with Gasteiger partial charge in [0.2, 0.25) is 5.91 Å². The van der Waals surface area contributed by atoms with Gasteiger partial charge in [0.1, 0.15) is 0 Å². The van der Waals surface area contributed by atoms with Gasteiger partial charge in [-0.25, -0.2) is 5.43 Å². The number of aryl methyl sites for hydroxylation is 1. The molecule has 0 atom stereocenters.